The lowest BCUT2D eigenvalue weighted by atomic mass is 9.85. The minimum Gasteiger partial charge on any atom is -0.462 e. The average molecular weight is 243 g/mol. The molecule has 0 aromatic heterocycles. The maximum Gasteiger partial charge on any atom is 0.293 e. The molecule has 17 heavy (non-hydrogen) atoms. The Labute approximate surface area is 104 Å². The van der Waals surface area contributed by atoms with Crippen LogP contribution in [0.4, 0.5) is 0 Å². The molecule has 2 atom stereocenters. The summed E-state index contributed by atoms with van der Waals surface area (Å²) in [4.78, 5) is 20.6. The molecular weight excluding hydrogens is 218 g/mol. The smallest absolute Gasteiger partial charge is 0.293 e. The second kappa shape index (κ2) is 7.43. The van der Waals surface area contributed by atoms with E-state index in [1.807, 2.05) is 20.8 Å². The van der Waals surface area contributed by atoms with Crippen LogP contribution in [0.3, 0.4) is 0 Å². The van der Waals surface area contributed by atoms with Crippen molar-refractivity contribution in [1.29, 1.82) is 0 Å². The van der Waals surface area contributed by atoms with Crippen molar-refractivity contribution >= 4 is 12.3 Å². The average Bonchev–Trinajstić information content (AvgIpc) is 2.16. The Hall–Kier alpha value is -0.900. The molecule has 1 aliphatic rings. The molecule has 4 heteroatoms. The SMILES string of the molecule is CC(=O)C1CCNCC1C.CC(C)(C)OC=O. The zero-order valence-electron chi connectivity index (χ0n) is 11.6. The Balaban J connectivity index is 0.000000325. The summed E-state index contributed by atoms with van der Waals surface area (Å²) in [6, 6.07) is 0. The molecule has 1 saturated heterocycles. The van der Waals surface area contributed by atoms with Crippen LogP contribution >= 0.6 is 0 Å². The Bertz CT molecular complexity index is 246. The predicted octanol–water partition coefficient (Wildman–Crippen LogP) is 1.78. The molecule has 0 aliphatic carbocycles. The summed E-state index contributed by atoms with van der Waals surface area (Å²) in [6.45, 7) is 11.8. The van der Waals surface area contributed by atoms with Crippen molar-refractivity contribution in [2.75, 3.05) is 13.1 Å². The Morgan fingerprint density at radius 2 is 2.00 bits per heavy atom. The fourth-order valence-corrected chi connectivity index (χ4v) is 1.76. The molecule has 2 unspecified atom stereocenters. The van der Waals surface area contributed by atoms with Crippen molar-refractivity contribution in [3.63, 3.8) is 0 Å². The molecule has 0 amide bonds. The molecule has 4 nitrogen and oxygen atoms in total. The van der Waals surface area contributed by atoms with Gasteiger partial charge in [0.25, 0.3) is 6.47 Å². The third-order valence-corrected chi connectivity index (χ3v) is 2.71. The van der Waals surface area contributed by atoms with Gasteiger partial charge in [0.2, 0.25) is 0 Å². The molecule has 0 bridgehead atoms. The van der Waals surface area contributed by atoms with Crippen LogP contribution in [-0.2, 0) is 14.3 Å². The first kappa shape index (κ1) is 16.1. The lowest BCUT2D eigenvalue weighted by Gasteiger charge is -2.27. The fraction of sp³-hybridized carbons (Fsp3) is 0.846. The Kier molecular flexibility index (Phi) is 7.04. The van der Waals surface area contributed by atoms with Crippen LogP contribution in [0, 0.1) is 11.8 Å². The third-order valence-electron chi connectivity index (χ3n) is 2.71. The van der Waals surface area contributed by atoms with Crippen LogP contribution in [0.15, 0.2) is 0 Å². The van der Waals surface area contributed by atoms with Crippen molar-refractivity contribution in [1.82, 2.24) is 5.32 Å². The second-order valence-corrected chi connectivity index (χ2v) is 5.51. The van der Waals surface area contributed by atoms with Gasteiger partial charge < -0.3 is 10.1 Å². The highest BCUT2D eigenvalue weighted by atomic mass is 16.5. The van der Waals surface area contributed by atoms with Crippen LogP contribution in [0.5, 0.6) is 0 Å². The minimum atomic E-state index is -0.318. The highest BCUT2D eigenvalue weighted by Crippen LogP contribution is 2.18. The van der Waals surface area contributed by atoms with E-state index in [9.17, 15) is 9.59 Å². The molecule has 0 aromatic carbocycles. The summed E-state index contributed by atoms with van der Waals surface area (Å²) < 4.78 is 4.55. The topological polar surface area (TPSA) is 55.4 Å². The van der Waals surface area contributed by atoms with Crippen LogP contribution in [0.2, 0.25) is 0 Å². The number of rotatable bonds is 2. The first-order valence-corrected chi connectivity index (χ1v) is 6.10. The molecule has 100 valence electrons. The van der Waals surface area contributed by atoms with Crippen LogP contribution in [0.1, 0.15) is 41.0 Å². The molecule has 1 rings (SSSR count). The zero-order valence-corrected chi connectivity index (χ0v) is 11.6. The van der Waals surface area contributed by atoms with Gasteiger partial charge in [0.05, 0.1) is 0 Å². The fourth-order valence-electron chi connectivity index (χ4n) is 1.76. The zero-order chi connectivity index (χ0) is 13.5. The molecule has 0 radical (unpaired) electrons. The third kappa shape index (κ3) is 7.91. The quantitative estimate of drug-likeness (QED) is 0.751. The molecule has 1 heterocycles. The number of ether oxygens (including phenoxy) is 1. The van der Waals surface area contributed by atoms with Gasteiger partial charge in [-0.1, -0.05) is 6.92 Å². The molecule has 0 spiro atoms. The first-order valence-electron chi connectivity index (χ1n) is 6.10. The minimum absolute atomic E-state index is 0.318. The number of nitrogens with one attached hydrogen (secondary N) is 1. The number of hydrogen-bond donors (Lipinski definition) is 1. The van der Waals surface area contributed by atoms with E-state index in [0.717, 1.165) is 19.5 Å². The predicted molar refractivity (Wildman–Crippen MR) is 67.7 cm³/mol. The van der Waals surface area contributed by atoms with Gasteiger partial charge in [-0.25, -0.2) is 0 Å². The molecular formula is C13H25NO3. The highest BCUT2D eigenvalue weighted by Gasteiger charge is 2.24. The lowest BCUT2D eigenvalue weighted by Crippen LogP contribution is -2.37. The summed E-state index contributed by atoms with van der Waals surface area (Å²) in [5.74, 6) is 1.21. The summed E-state index contributed by atoms with van der Waals surface area (Å²) in [5.41, 5.74) is -0.318. The molecule has 0 saturated carbocycles. The van der Waals surface area contributed by atoms with Crippen LogP contribution < -0.4 is 5.32 Å². The number of carbonyl (C=O) groups is 2. The number of ketones is 1. The monoisotopic (exact) mass is 243 g/mol. The van der Waals surface area contributed by atoms with E-state index in [1.54, 1.807) is 6.92 Å². The van der Waals surface area contributed by atoms with Gasteiger partial charge >= 0.3 is 0 Å². The second-order valence-electron chi connectivity index (χ2n) is 5.51. The van der Waals surface area contributed by atoms with Crippen molar-refractivity contribution in [3.05, 3.63) is 0 Å². The summed E-state index contributed by atoms with van der Waals surface area (Å²) in [7, 11) is 0. The van der Waals surface area contributed by atoms with E-state index in [-0.39, 0.29) is 5.60 Å². The van der Waals surface area contributed by atoms with E-state index in [1.165, 1.54) is 0 Å². The molecule has 1 N–H and O–H groups in total. The summed E-state index contributed by atoms with van der Waals surface area (Å²) in [6.07, 6.45) is 1.02. The van der Waals surface area contributed by atoms with E-state index < -0.39 is 0 Å². The van der Waals surface area contributed by atoms with Gasteiger partial charge in [-0.15, -0.1) is 0 Å². The maximum atomic E-state index is 11.0. The lowest BCUT2D eigenvalue weighted by molar-refractivity contribution is -0.138. The van der Waals surface area contributed by atoms with Crippen LogP contribution in [0.25, 0.3) is 0 Å². The van der Waals surface area contributed by atoms with Crippen molar-refractivity contribution < 1.29 is 14.3 Å². The normalized spacial score (nSPS) is 24.3. The van der Waals surface area contributed by atoms with Gasteiger partial charge in [-0.2, -0.15) is 0 Å². The highest BCUT2D eigenvalue weighted by molar-refractivity contribution is 5.78. The van der Waals surface area contributed by atoms with Crippen molar-refractivity contribution in [3.8, 4) is 0 Å². The summed E-state index contributed by atoms with van der Waals surface area (Å²) in [5, 5.41) is 3.27. The number of carbonyl (C=O) groups excluding carboxylic acids is 2. The van der Waals surface area contributed by atoms with E-state index >= 15 is 0 Å². The molecule has 1 fully saturated rings. The number of hydrogen-bond acceptors (Lipinski definition) is 4. The van der Waals surface area contributed by atoms with E-state index in [4.69, 9.17) is 0 Å². The first-order chi connectivity index (χ1) is 7.78. The largest absolute Gasteiger partial charge is 0.462 e. The van der Waals surface area contributed by atoms with Crippen molar-refractivity contribution in [2.45, 2.75) is 46.6 Å². The number of piperidine rings is 1. The molecule has 0 aromatic rings. The molecule has 1 aliphatic heterocycles. The van der Waals surface area contributed by atoms with Crippen LogP contribution in [-0.4, -0.2) is 30.9 Å². The Morgan fingerprint density at radius 3 is 2.24 bits per heavy atom. The summed E-state index contributed by atoms with van der Waals surface area (Å²) >= 11 is 0. The van der Waals surface area contributed by atoms with E-state index in [0.29, 0.717) is 24.1 Å². The van der Waals surface area contributed by atoms with Gasteiger partial charge in [0, 0.05) is 5.92 Å². The van der Waals surface area contributed by atoms with Gasteiger partial charge in [-0.05, 0) is 53.1 Å². The maximum absolute atomic E-state index is 11.0. The van der Waals surface area contributed by atoms with E-state index in [2.05, 4.69) is 17.0 Å². The van der Waals surface area contributed by atoms with Gasteiger partial charge in [0.1, 0.15) is 11.4 Å². The van der Waals surface area contributed by atoms with Gasteiger partial charge in [0.15, 0.2) is 0 Å². The number of Topliss-reactive ketones (excluding diaryl/α,β-unsaturated/α-hetero) is 1. The Morgan fingerprint density at radius 1 is 1.41 bits per heavy atom. The standard InChI is InChI=1S/C8H15NO.C5H10O2/c1-6-5-9-4-3-8(6)7(2)10;1-5(2,3)7-4-6/h6,8-9H,3-5H2,1-2H3;4H,1-3H3. The van der Waals surface area contributed by atoms with Gasteiger partial charge in [-0.3, -0.25) is 9.59 Å². The van der Waals surface area contributed by atoms with Crippen molar-refractivity contribution in [2.24, 2.45) is 11.8 Å².